The topological polar surface area (TPSA) is 58.2 Å². The maximum Gasteiger partial charge on any atom is 0.255 e. The van der Waals surface area contributed by atoms with Crippen LogP contribution in [-0.2, 0) is 11.2 Å². The van der Waals surface area contributed by atoms with Crippen molar-refractivity contribution in [3.8, 4) is 0 Å². The molecule has 4 rings (SSSR count). The third-order valence-electron chi connectivity index (χ3n) is 5.03. The van der Waals surface area contributed by atoms with Crippen LogP contribution >= 0.6 is 0 Å². The molecule has 0 bridgehead atoms. The molecule has 0 aliphatic carbocycles. The highest BCUT2D eigenvalue weighted by molar-refractivity contribution is 6.05. The molecule has 0 radical (unpaired) electrons. The van der Waals surface area contributed by atoms with E-state index in [0.717, 1.165) is 27.6 Å². The van der Waals surface area contributed by atoms with Gasteiger partial charge in [-0.3, -0.25) is 9.59 Å². The minimum atomic E-state index is -0.161. The first-order valence-electron chi connectivity index (χ1n) is 9.84. The van der Waals surface area contributed by atoms with Gasteiger partial charge in [0.2, 0.25) is 5.91 Å². The van der Waals surface area contributed by atoms with Crippen molar-refractivity contribution in [2.45, 2.75) is 13.3 Å². The number of carbonyl (C=O) groups is 2. The summed E-state index contributed by atoms with van der Waals surface area (Å²) in [5.74, 6) is -0.238. The van der Waals surface area contributed by atoms with Gasteiger partial charge in [-0.25, -0.2) is 0 Å². The highest BCUT2D eigenvalue weighted by atomic mass is 16.2. The summed E-state index contributed by atoms with van der Waals surface area (Å²) in [7, 11) is 0. The molecular weight excluding hydrogens is 372 g/mol. The van der Waals surface area contributed by atoms with Crippen LogP contribution in [-0.4, -0.2) is 11.8 Å². The van der Waals surface area contributed by atoms with Gasteiger partial charge >= 0.3 is 0 Å². The Bertz CT molecular complexity index is 1210. The van der Waals surface area contributed by atoms with E-state index in [4.69, 9.17) is 0 Å². The highest BCUT2D eigenvalue weighted by Crippen LogP contribution is 2.22. The van der Waals surface area contributed by atoms with E-state index in [-0.39, 0.29) is 11.8 Å². The van der Waals surface area contributed by atoms with Crippen LogP contribution in [0.1, 0.15) is 21.5 Å². The molecule has 0 saturated heterocycles. The van der Waals surface area contributed by atoms with E-state index in [2.05, 4.69) is 10.6 Å². The number of benzene rings is 4. The lowest BCUT2D eigenvalue weighted by molar-refractivity contribution is -0.115. The SMILES string of the molecule is Cc1cc(NC(=O)Cc2cccc3ccccc23)ccc1NC(=O)c1ccccc1. The van der Waals surface area contributed by atoms with E-state index < -0.39 is 0 Å². The van der Waals surface area contributed by atoms with E-state index in [0.29, 0.717) is 17.7 Å². The third-order valence-corrected chi connectivity index (χ3v) is 5.03. The molecule has 4 heteroatoms. The summed E-state index contributed by atoms with van der Waals surface area (Å²) in [6.45, 7) is 1.90. The van der Waals surface area contributed by atoms with Crippen LogP contribution in [0.2, 0.25) is 0 Å². The molecular formula is C26H22N2O2. The average Bonchev–Trinajstić information content (AvgIpc) is 2.76. The zero-order chi connectivity index (χ0) is 20.9. The lowest BCUT2D eigenvalue weighted by Gasteiger charge is -2.12. The predicted octanol–water partition coefficient (Wildman–Crippen LogP) is 5.58. The predicted molar refractivity (Wildman–Crippen MR) is 122 cm³/mol. The van der Waals surface area contributed by atoms with E-state index >= 15 is 0 Å². The van der Waals surface area contributed by atoms with Gasteiger partial charge in [0.1, 0.15) is 0 Å². The van der Waals surface area contributed by atoms with Gasteiger partial charge in [-0.15, -0.1) is 0 Å². The molecule has 0 spiro atoms. The zero-order valence-electron chi connectivity index (χ0n) is 16.7. The number of anilines is 2. The molecule has 0 heterocycles. The van der Waals surface area contributed by atoms with Gasteiger partial charge in [0.15, 0.2) is 0 Å². The maximum absolute atomic E-state index is 12.6. The van der Waals surface area contributed by atoms with E-state index in [9.17, 15) is 9.59 Å². The molecule has 0 aromatic heterocycles. The summed E-state index contributed by atoms with van der Waals surface area (Å²) in [5.41, 5.74) is 3.90. The Morgan fingerprint density at radius 2 is 1.50 bits per heavy atom. The normalized spacial score (nSPS) is 10.6. The lowest BCUT2D eigenvalue weighted by atomic mass is 10.0. The van der Waals surface area contributed by atoms with Crippen molar-refractivity contribution < 1.29 is 9.59 Å². The van der Waals surface area contributed by atoms with Gasteiger partial charge < -0.3 is 10.6 Å². The Hall–Kier alpha value is -3.92. The first kappa shape index (κ1) is 19.4. The van der Waals surface area contributed by atoms with E-state index in [1.165, 1.54) is 0 Å². The summed E-state index contributed by atoms with van der Waals surface area (Å²) in [6.07, 6.45) is 0.299. The molecule has 30 heavy (non-hydrogen) atoms. The molecule has 0 aliphatic heterocycles. The number of fused-ring (bicyclic) bond motifs is 1. The van der Waals surface area contributed by atoms with Crippen molar-refractivity contribution >= 4 is 34.0 Å². The second kappa shape index (κ2) is 8.62. The van der Waals surface area contributed by atoms with Crippen LogP contribution in [0.15, 0.2) is 91.0 Å². The second-order valence-corrected chi connectivity index (χ2v) is 7.21. The number of nitrogens with one attached hydrogen (secondary N) is 2. The molecule has 4 nitrogen and oxygen atoms in total. The Morgan fingerprint density at radius 3 is 2.30 bits per heavy atom. The zero-order valence-corrected chi connectivity index (χ0v) is 16.7. The van der Waals surface area contributed by atoms with Crippen molar-refractivity contribution in [3.05, 3.63) is 108 Å². The highest BCUT2D eigenvalue weighted by Gasteiger charge is 2.10. The molecule has 0 aliphatic rings. The number of amides is 2. The fraction of sp³-hybridized carbons (Fsp3) is 0.0769. The summed E-state index contributed by atoms with van der Waals surface area (Å²) >= 11 is 0. The quantitative estimate of drug-likeness (QED) is 0.464. The Balaban J connectivity index is 1.44. The largest absolute Gasteiger partial charge is 0.326 e. The van der Waals surface area contributed by atoms with Crippen molar-refractivity contribution in [2.75, 3.05) is 10.6 Å². The number of rotatable bonds is 5. The maximum atomic E-state index is 12.6. The molecule has 0 atom stereocenters. The monoisotopic (exact) mass is 394 g/mol. The minimum absolute atomic E-state index is 0.0770. The lowest BCUT2D eigenvalue weighted by Crippen LogP contribution is -2.15. The van der Waals surface area contributed by atoms with Crippen molar-refractivity contribution in [1.82, 2.24) is 0 Å². The molecule has 148 valence electrons. The van der Waals surface area contributed by atoms with Crippen molar-refractivity contribution in [2.24, 2.45) is 0 Å². The fourth-order valence-electron chi connectivity index (χ4n) is 3.49. The number of hydrogen-bond donors (Lipinski definition) is 2. The van der Waals surface area contributed by atoms with Crippen LogP contribution in [0.4, 0.5) is 11.4 Å². The smallest absolute Gasteiger partial charge is 0.255 e. The first-order chi connectivity index (χ1) is 14.6. The van der Waals surface area contributed by atoms with Crippen LogP contribution in [0.25, 0.3) is 10.8 Å². The fourth-order valence-corrected chi connectivity index (χ4v) is 3.49. The van der Waals surface area contributed by atoms with Gasteiger partial charge in [0, 0.05) is 16.9 Å². The standard InChI is InChI=1S/C26H22N2O2/c1-18-16-22(14-15-24(18)28-26(30)20-9-3-2-4-10-20)27-25(29)17-21-12-7-11-19-8-5-6-13-23(19)21/h2-16H,17H2,1H3,(H,27,29)(H,28,30). The third kappa shape index (κ3) is 4.39. The van der Waals surface area contributed by atoms with Crippen LogP contribution in [0.3, 0.4) is 0 Å². The van der Waals surface area contributed by atoms with Crippen molar-refractivity contribution in [3.63, 3.8) is 0 Å². The van der Waals surface area contributed by atoms with Gasteiger partial charge in [0.25, 0.3) is 5.91 Å². The van der Waals surface area contributed by atoms with Crippen LogP contribution in [0.5, 0.6) is 0 Å². The summed E-state index contributed by atoms with van der Waals surface area (Å²) in [5, 5.41) is 8.08. The Labute approximate surface area is 175 Å². The number of aryl methyl sites for hydroxylation is 1. The summed E-state index contributed by atoms with van der Waals surface area (Å²) in [6, 6.07) is 28.6. The minimum Gasteiger partial charge on any atom is -0.326 e. The Morgan fingerprint density at radius 1 is 0.767 bits per heavy atom. The molecule has 4 aromatic rings. The van der Waals surface area contributed by atoms with Gasteiger partial charge in [-0.2, -0.15) is 0 Å². The molecule has 2 N–H and O–H groups in total. The number of hydrogen-bond acceptors (Lipinski definition) is 2. The number of carbonyl (C=O) groups excluding carboxylic acids is 2. The molecule has 0 unspecified atom stereocenters. The van der Waals surface area contributed by atoms with Gasteiger partial charge in [-0.05, 0) is 59.2 Å². The van der Waals surface area contributed by atoms with Crippen LogP contribution in [0, 0.1) is 6.92 Å². The van der Waals surface area contributed by atoms with Crippen LogP contribution < -0.4 is 10.6 Å². The average molecular weight is 394 g/mol. The molecule has 0 fully saturated rings. The van der Waals surface area contributed by atoms with Crippen molar-refractivity contribution in [1.29, 1.82) is 0 Å². The second-order valence-electron chi connectivity index (χ2n) is 7.21. The van der Waals surface area contributed by atoms with E-state index in [1.54, 1.807) is 18.2 Å². The molecule has 0 saturated carbocycles. The van der Waals surface area contributed by atoms with E-state index in [1.807, 2.05) is 79.7 Å². The Kier molecular flexibility index (Phi) is 5.57. The summed E-state index contributed by atoms with van der Waals surface area (Å²) in [4.78, 5) is 25.0. The van der Waals surface area contributed by atoms with Gasteiger partial charge in [0.05, 0.1) is 6.42 Å². The molecule has 2 amide bonds. The molecule has 4 aromatic carbocycles. The first-order valence-corrected chi connectivity index (χ1v) is 9.84. The van der Waals surface area contributed by atoms with Gasteiger partial charge in [-0.1, -0.05) is 60.7 Å². The summed E-state index contributed by atoms with van der Waals surface area (Å²) < 4.78 is 0.